The Morgan fingerprint density at radius 3 is 2.81 bits per heavy atom. The number of likely N-dealkylation sites (tertiary alicyclic amines) is 1. The van der Waals surface area contributed by atoms with Crippen LogP contribution in [0.4, 0.5) is 0 Å². The Morgan fingerprint density at radius 1 is 1.31 bits per heavy atom. The molecule has 26 heavy (non-hydrogen) atoms. The Kier molecular flexibility index (Phi) is 2.80. The SMILES string of the molecule is C=C1[C@H]2C[C@@]3(C4C[C@@H]5[C@@]6(C)CC[C@H](O)[C@]5([C@@H]3CC2=O)[C@@H]4N(CC)C6)[C@@H]1O. The third kappa shape index (κ3) is 1.33. The Labute approximate surface area is 155 Å². The van der Waals surface area contributed by atoms with Gasteiger partial charge in [0.2, 0.25) is 0 Å². The van der Waals surface area contributed by atoms with E-state index >= 15 is 0 Å². The molecule has 0 aromatic rings. The average molecular weight is 357 g/mol. The molecule has 1 unspecified atom stereocenters. The van der Waals surface area contributed by atoms with E-state index in [0.717, 1.165) is 44.3 Å². The van der Waals surface area contributed by atoms with Crippen molar-refractivity contribution in [3.63, 3.8) is 0 Å². The Balaban J connectivity index is 1.62. The van der Waals surface area contributed by atoms with Gasteiger partial charge in [-0.15, -0.1) is 0 Å². The number of aliphatic hydroxyl groups is 2. The first-order valence-corrected chi connectivity index (χ1v) is 10.6. The summed E-state index contributed by atoms with van der Waals surface area (Å²) >= 11 is 0. The van der Waals surface area contributed by atoms with Crippen LogP contribution in [0.3, 0.4) is 0 Å². The fourth-order valence-corrected chi connectivity index (χ4v) is 9.75. The van der Waals surface area contributed by atoms with Crippen LogP contribution >= 0.6 is 0 Å². The van der Waals surface area contributed by atoms with Crippen LogP contribution < -0.4 is 0 Å². The minimum Gasteiger partial charge on any atom is -0.392 e. The number of hydrogen-bond donors (Lipinski definition) is 2. The minimum absolute atomic E-state index is 0.130. The monoisotopic (exact) mass is 357 g/mol. The van der Waals surface area contributed by atoms with Crippen LogP contribution in [0.2, 0.25) is 0 Å². The zero-order valence-corrected chi connectivity index (χ0v) is 15.9. The number of hydrogen-bond acceptors (Lipinski definition) is 4. The molecule has 0 radical (unpaired) electrons. The van der Waals surface area contributed by atoms with Gasteiger partial charge in [0.25, 0.3) is 0 Å². The highest BCUT2D eigenvalue weighted by molar-refractivity contribution is 5.87. The molecule has 2 spiro atoms. The van der Waals surface area contributed by atoms with Crippen LogP contribution in [0.5, 0.6) is 0 Å². The van der Waals surface area contributed by atoms with Crippen molar-refractivity contribution in [2.45, 2.75) is 64.2 Å². The zero-order valence-electron chi connectivity index (χ0n) is 15.9. The standard InChI is InChI=1S/C22H31NO3/c1-4-23-10-20(3)6-5-17(25)22-15(20)7-13(18(22)23)21-9-12(11(2)19(21)26)14(24)8-16(21)22/h12-13,15-19,25-26H,2,4-10H2,1,3H3/t12-,13?,15-,16-,17+,18-,19-,20+,21+,22+/m1/s1. The van der Waals surface area contributed by atoms with E-state index in [0.29, 0.717) is 24.3 Å². The van der Waals surface area contributed by atoms with Crippen molar-refractivity contribution in [3.8, 4) is 0 Å². The maximum absolute atomic E-state index is 13.0. The van der Waals surface area contributed by atoms with Crippen LogP contribution in [0.15, 0.2) is 12.2 Å². The molecule has 0 aromatic carbocycles. The van der Waals surface area contributed by atoms with E-state index < -0.39 is 6.10 Å². The molecule has 2 N–H and O–H groups in total. The van der Waals surface area contributed by atoms with E-state index in [1.165, 1.54) is 0 Å². The van der Waals surface area contributed by atoms with Gasteiger partial charge >= 0.3 is 0 Å². The second kappa shape index (κ2) is 4.47. The Bertz CT molecular complexity index is 735. The lowest BCUT2D eigenvalue weighted by Crippen LogP contribution is -2.68. The van der Waals surface area contributed by atoms with E-state index in [4.69, 9.17) is 0 Å². The summed E-state index contributed by atoms with van der Waals surface area (Å²) in [6.45, 7) is 10.9. The van der Waals surface area contributed by atoms with Crippen molar-refractivity contribution >= 4 is 5.78 Å². The van der Waals surface area contributed by atoms with Gasteiger partial charge in [-0.2, -0.15) is 0 Å². The van der Waals surface area contributed by atoms with Crippen LogP contribution in [0, 0.1) is 39.9 Å². The lowest BCUT2D eigenvalue weighted by atomic mass is 9.43. The lowest BCUT2D eigenvalue weighted by molar-refractivity contribution is -0.211. The summed E-state index contributed by atoms with van der Waals surface area (Å²) in [7, 11) is 0. The van der Waals surface area contributed by atoms with Gasteiger partial charge in [0.05, 0.1) is 12.2 Å². The van der Waals surface area contributed by atoms with Crippen molar-refractivity contribution in [2.24, 2.45) is 39.9 Å². The van der Waals surface area contributed by atoms with Crippen molar-refractivity contribution in [1.82, 2.24) is 4.90 Å². The Morgan fingerprint density at radius 2 is 2.08 bits per heavy atom. The molecular formula is C22H31NO3. The van der Waals surface area contributed by atoms with Gasteiger partial charge in [0, 0.05) is 35.8 Å². The number of Topliss-reactive ketones (excluding diaryl/α,β-unsaturated/α-hetero) is 1. The number of ketones is 1. The number of aliphatic hydroxyl groups excluding tert-OH is 2. The number of piperidine rings is 1. The summed E-state index contributed by atoms with van der Waals surface area (Å²) in [6.07, 6.45) is 3.50. The van der Waals surface area contributed by atoms with Gasteiger partial charge in [-0.3, -0.25) is 9.69 Å². The maximum atomic E-state index is 13.0. The van der Waals surface area contributed by atoms with Crippen LogP contribution in [-0.4, -0.2) is 52.2 Å². The molecule has 0 aromatic heterocycles. The molecular weight excluding hydrogens is 326 g/mol. The van der Waals surface area contributed by atoms with E-state index in [9.17, 15) is 15.0 Å². The van der Waals surface area contributed by atoms with Crippen molar-refractivity contribution < 1.29 is 15.0 Å². The van der Waals surface area contributed by atoms with Gasteiger partial charge in [-0.1, -0.05) is 20.4 Å². The molecule has 5 aliphatic carbocycles. The van der Waals surface area contributed by atoms with Gasteiger partial charge in [0.1, 0.15) is 5.78 Å². The minimum atomic E-state index is -0.561. The normalized spacial score (nSPS) is 62.7. The highest BCUT2D eigenvalue weighted by Crippen LogP contribution is 2.83. The summed E-state index contributed by atoms with van der Waals surface area (Å²) in [5.41, 5.74) is 0.598. The zero-order chi connectivity index (χ0) is 18.2. The van der Waals surface area contributed by atoms with Gasteiger partial charge in [0.15, 0.2) is 0 Å². The average Bonchev–Trinajstić information content (AvgIpc) is 3.14. The number of carbonyl (C=O) groups is 1. The summed E-state index contributed by atoms with van der Waals surface area (Å²) in [4.78, 5) is 15.6. The van der Waals surface area contributed by atoms with Crippen LogP contribution in [0.25, 0.3) is 0 Å². The fraction of sp³-hybridized carbons (Fsp3) is 0.864. The molecule has 5 saturated carbocycles. The van der Waals surface area contributed by atoms with Crippen molar-refractivity contribution in [1.29, 1.82) is 0 Å². The largest absolute Gasteiger partial charge is 0.392 e. The van der Waals surface area contributed by atoms with E-state index in [2.05, 4.69) is 25.3 Å². The van der Waals surface area contributed by atoms with E-state index in [-0.39, 0.29) is 40.0 Å². The first kappa shape index (κ1) is 16.3. The molecule has 4 heteroatoms. The molecule has 6 rings (SSSR count). The lowest BCUT2D eigenvalue weighted by Gasteiger charge is -2.65. The highest BCUT2D eigenvalue weighted by Gasteiger charge is 2.85. The topological polar surface area (TPSA) is 60.8 Å². The summed E-state index contributed by atoms with van der Waals surface area (Å²) < 4.78 is 0. The molecule has 1 aliphatic heterocycles. The molecule has 0 amide bonds. The summed E-state index contributed by atoms with van der Waals surface area (Å²) in [5.74, 6) is 1.16. The molecule has 1 saturated heterocycles. The van der Waals surface area contributed by atoms with E-state index in [1.807, 2.05) is 0 Å². The number of fused-ring (bicyclic) bond motifs is 1. The first-order valence-electron chi connectivity index (χ1n) is 10.6. The highest BCUT2D eigenvalue weighted by atomic mass is 16.3. The number of carbonyl (C=O) groups excluding carboxylic acids is 1. The maximum Gasteiger partial charge on any atom is 0.140 e. The molecule has 142 valence electrons. The second-order valence-corrected chi connectivity index (χ2v) is 10.7. The molecule has 7 bridgehead atoms. The fourth-order valence-electron chi connectivity index (χ4n) is 9.75. The second-order valence-electron chi connectivity index (χ2n) is 10.7. The molecule has 4 nitrogen and oxygen atoms in total. The smallest absolute Gasteiger partial charge is 0.140 e. The Hall–Kier alpha value is -0.710. The van der Waals surface area contributed by atoms with Gasteiger partial charge < -0.3 is 10.2 Å². The van der Waals surface area contributed by atoms with Crippen LogP contribution in [-0.2, 0) is 4.79 Å². The van der Waals surface area contributed by atoms with Gasteiger partial charge in [-0.05, 0) is 61.0 Å². The van der Waals surface area contributed by atoms with Gasteiger partial charge in [-0.25, -0.2) is 0 Å². The summed E-state index contributed by atoms with van der Waals surface area (Å²) in [5, 5.41) is 22.8. The first-order chi connectivity index (χ1) is 12.3. The number of nitrogens with zero attached hydrogens (tertiary/aromatic N) is 1. The quantitative estimate of drug-likeness (QED) is 0.705. The predicted molar refractivity (Wildman–Crippen MR) is 97.2 cm³/mol. The number of rotatable bonds is 1. The third-order valence-corrected chi connectivity index (χ3v) is 10.4. The predicted octanol–water partition coefficient (Wildman–Crippen LogP) is 2.00. The van der Waals surface area contributed by atoms with E-state index in [1.54, 1.807) is 0 Å². The summed E-state index contributed by atoms with van der Waals surface area (Å²) in [6, 6.07) is 0.331. The molecule has 6 fully saturated rings. The molecule has 6 aliphatic rings. The van der Waals surface area contributed by atoms with Crippen molar-refractivity contribution in [3.05, 3.63) is 12.2 Å². The molecule has 1 heterocycles. The van der Waals surface area contributed by atoms with Crippen molar-refractivity contribution in [2.75, 3.05) is 13.1 Å². The molecule has 10 atom stereocenters. The third-order valence-electron chi connectivity index (χ3n) is 10.4. The van der Waals surface area contributed by atoms with Crippen LogP contribution in [0.1, 0.15) is 46.0 Å².